The second-order valence-electron chi connectivity index (χ2n) is 6.31. The topological polar surface area (TPSA) is 83.4 Å². The number of halogens is 1. The number of aryl methyl sites for hydroxylation is 2. The van der Waals surface area contributed by atoms with E-state index < -0.39 is 9.84 Å². The number of benzene rings is 1. The maximum absolute atomic E-state index is 11.5. The van der Waals surface area contributed by atoms with Crippen LogP contribution in [0.25, 0.3) is 0 Å². The summed E-state index contributed by atoms with van der Waals surface area (Å²) in [5.74, 6) is 0.756. The predicted octanol–water partition coefficient (Wildman–Crippen LogP) is 2.99. The lowest BCUT2D eigenvalue weighted by Crippen LogP contribution is -2.39. The summed E-state index contributed by atoms with van der Waals surface area (Å²) in [4.78, 5) is 10.5. The van der Waals surface area contributed by atoms with E-state index in [1.165, 1.54) is 16.8 Å². The number of aliphatic imine (C=N–C) groups is 1. The standard InChI is InChI=1S/C19H28N4O2S2.HI/c1-5-17-14(2)26-18(23-17)11-13-22-19(20-3)21-12-10-15-6-8-16(9-7-15)27(4,24)25;/h6-9H,5,10-13H2,1-4H3,(H2,20,21,22);1H. The number of rotatable bonds is 8. The van der Waals surface area contributed by atoms with E-state index in [-0.39, 0.29) is 24.0 Å². The van der Waals surface area contributed by atoms with Gasteiger partial charge in [-0.3, -0.25) is 4.99 Å². The number of sulfone groups is 1. The smallest absolute Gasteiger partial charge is 0.191 e. The number of thiazole rings is 1. The second kappa shape index (κ2) is 11.7. The fourth-order valence-electron chi connectivity index (χ4n) is 2.66. The van der Waals surface area contributed by atoms with Crippen molar-refractivity contribution in [3.63, 3.8) is 0 Å². The van der Waals surface area contributed by atoms with Crippen molar-refractivity contribution in [2.45, 2.75) is 38.0 Å². The van der Waals surface area contributed by atoms with Crippen molar-refractivity contribution in [1.29, 1.82) is 0 Å². The maximum atomic E-state index is 11.5. The Balaban J connectivity index is 0.00000392. The van der Waals surface area contributed by atoms with Gasteiger partial charge >= 0.3 is 0 Å². The molecule has 0 radical (unpaired) electrons. The van der Waals surface area contributed by atoms with Crippen LogP contribution in [0, 0.1) is 6.92 Å². The molecule has 0 aliphatic rings. The molecule has 1 aromatic heterocycles. The molecule has 0 saturated heterocycles. The van der Waals surface area contributed by atoms with E-state index in [0.29, 0.717) is 11.4 Å². The molecule has 0 bridgehead atoms. The van der Waals surface area contributed by atoms with E-state index in [0.717, 1.165) is 42.3 Å². The molecular weight excluding hydrogens is 507 g/mol. The van der Waals surface area contributed by atoms with Gasteiger partial charge in [-0.2, -0.15) is 0 Å². The van der Waals surface area contributed by atoms with Crippen LogP contribution in [0.4, 0.5) is 0 Å². The number of aromatic nitrogens is 1. The SMILES string of the molecule is CCc1nc(CCNC(=NC)NCCc2ccc(S(C)(=O)=O)cc2)sc1C.I. The Morgan fingerprint density at radius 3 is 2.25 bits per heavy atom. The highest BCUT2D eigenvalue weighted by Crippen LogP contribution is 2.17. The molecule has 2 rings (SSSR count). The van der Waals surface area contributed by atoms with Gasteiger partial charge in [0.1, 0.15) is 0 Å². The van der Waals surface area contributed by atoms with Gasteiger partial charge in [0, 0.05) is 37.7 Å². The Labute approximate surface area is 189 Å². The van der Waals surface area contributed by atoms with Crippen LogP contribution in [0.15, 0.2) is 34.2 Å². The van der Waals surface area contributed by atoms with Crippen LogP contribution in [-0.2, 0) is 29.1 Å². The van der Waals surface area contributed by atoms with E-state index in [9.17, 15) is 8.42 Å². The quantitative estimate of drug-likeness (QED) is 0.308. The van der Waals surface area contributed by atoms with Crippen LogP contribution in [-0.4, -0.2) is 45.8 Å². The largest absolute Gasteiger partial charge is 0.356 e. The third-order valence-electron chi connectivity index (χ3n) is 4.18. The molecule has 0 fully saturated rings. The van der Waals surface area contributed by atoms with Gasteiger partial charge in [0.05, 0.1) is 15.6 Å². The molecule has 0 aliphatic heterocycles. The highest BCUT2D eigenvalue weighted by atomic mass is 127. The number of guanidine groups is 1. The number of hydrogen-bond donors (Lipinski definition) is 2. The average Bonchev–Trinajstić information content (AvgIpc) is 2.99. The lowest BCUT2D eigenvalue weighted by atomic mass is 10.1. The fourth-order valence-corrected chi connectivity index (χ4v) is 4.31. The highest BCUT2D eigenvalue weighted by molar-refractivity contribution is 14.0. The monoisotopic (exact) mass is 536 g/mol. The normalized spacial score (nSPS) is 11.8. The lowest BCUT2D eigenvalue weighted by Gasteiger charge is -2.11. The van der Waals surface area contributed by atoms with Crippen molar-refractivity contribution in [3.8, 4) is 0 Å². The van der Waals surface area contributed by atoms with Crippen molar-refractivity contribution >= 4 is 51.1 Å². The van der Waals surface area contributed by atoms with Gasteiger partial charge < -0.3 is 10.6 Å². The van der Waals surface area contributed by atoms with E-state index in [2.05, 4.69) is 34.5 Å². The van der Waals surface area contributed by atoms with Crippen LogP contribution in [0.5, 0.6) is 0 Å². The molecule has 9 heteroatoms. The molecule has 28 heavy (non-hydrogen) atoms. The Morgan fingerprint density at radius 1 is 1.14 bits per heavy atom. The molecule has 0 unspecified atom stereocenters. The summed E-state index contributed by atoms with van der Waals surface area (Å²) >= 11 is 1.76. The van der Waals surface area contributed by atoms with Gasteiger partial charge in [-0.05, 0) is 37.5 Å². The van der Waals surface area contributed by atoms with E-state index in [4.69, 9.17) is 0 Å². The summed E-state index contributed by atoms with van der Waals surface area (Å²) in [5, 5.41) is 7.74. The van der Waals surface area contributed by atoms with Crippen LogP contribution in [0.2, 0.25) is 0 Å². The Hall–Kier alpha value is -1.20. The van der Waals surface area contributed by atoms with Gasteiger partial charge in [-0.15, -0.1) is 35.3 Å². The lowest BCUT2D eigenvalue weighted by molar-refractivity contribution is 0.602. The number of nitrogens with zero attached hydrogens (tertiary/aromatic N) is 2. The first-order valence-corrected chi connectivity index (χ1v) is 11.7. The maximum Gasteiger partial charge on any atom is 0.191 e. The molecular formula is C19H29IN4O2S2. The predicted molar refractivity (Wildman–Crippen MR) is 128 cm³/mol. The zero-order valence-electron chi connectivity index (χ0n) is 16.8. The van der Waals surface area contributed by atoms with Crippen molar-refractivity contribution < 1.29 is 8.42 Å². The third-order valence-corrected chi connectivity index (χ3v) is 6.39. The van der Waals surface area contributed by atoms with Crippen molar-refractivity contribution in [3.05, 3.63) is 45.4 Å². The molecule has 0 amide bonds. The van der Waals surface area contributed by atoms with Gasteiger partial charge in [0.25, 0.3) is 0 Å². The summed E-state index contributed by atoms with van der Waals surface area (Å²) in [6, 6.07) is 7.01. The summed E-state index contributed by atoms with van der Waals surface area (Å²) in [5.41, 5.74) is 2.27. The summed E-state index contributed by atoms with van der Waals surface area (Å²) in [7, 11) is -1.39. The number of nitrogens with one attached hydrogen (secondary N) is 2. The molecule has 156 valence electrons. The fraction of sp³-hybridized carbons (Fsp3) is 0.474. The van der Waals surface area contributed by atoms with Crippen LogP contribution < -0.4 is 10.6 Å². The average molecular weight is 537 g/mol. The van der Waals surface area contributed by atoms with Crippen molar-refractivity contribution in [2.75, 3.05) is 26.4 Å². The van der Waals surface area contributed by atoms with Gasteiger partial charge in [-0.1, -0.05) is 19.1 Å². The van der Waals surface area contributed by atoms with Crippen LogP contribution >= 0.6 is 35.3 Å². The second-order valence-corrected chi connectivity index (χ2v) is 9.61. The first-order chi connectivity index (χ1) is 12.8. The minimum atomic E-state index is -3.14. The van der Waals surface area contributed by atoms with Gasteiger partial charge in [0.2, 0.25) is 0 Å². The molecule has 1 heterocycles. The summed E-state index contributed by atoms with van der Waals surface area (Å²) in [6.45, 7) is 5.74. The first kappa shape index (κ1) is 24.8. The summed E-state index contributed by atoms with van der Waals surface area (Å²) < 4.78 is 23.0. The molecule has 6 nitrogen and oxygen atoms in total. The van der Waals surface area contributed by atoms with Crippen molar-refractivity contribution in [1.82, 2.24) is 15.6 Å². The molecule has 0 aliphatic carbocycles. The van der Waals surface area contributed by atoms with E-state index in [1.54, 1.807) is 30.5 Å². The Morgan fingerprint density at radius 2 is 1.75 bits per heavy atom. The number of hydrogen-bond acceptors (Lipinski definition) is 5. The minimum Gasteiger partial charge on any atom is -0.356 e. The Kier molecular flexibility index (Phi) is 10.4. The first-order valence-electron chi connectivity index (χ1n) is 9.02. The summed E-state index contributed by atoms with van der Waals surface area (Å²) in [6.07, 6.45) is 3.86. The molecule has 1 aromatic carbocycles. The van der Waals surface area contributed by atoms with E-state index >= 15 is 0 Å². The molecule has 0 atom stereocenters. The molecule has 0 spiro atoms. The molecule has 2 aromatic rings. The minimum absolute atomic E-state index is 0. The highest BCUT2D eigenvalue weighted by Gasteiger charge is 2.07. The molecule has 0 saturated carbocycles. The van der Waals surface area contributed by atoms with Crippen LogP contribution in [0.1, 0.15) is 28.1 Å². The van der Waals surface area contributed by atoms with Gasteiger partial charge in [0.15, 0.2) is 15.8 Å². The van der Waals surface area contributed by atoms with Crippen LogP contribution in [0.3, 0.4) is 0 Å². The zero-order valence-corrected chi connectivity index (χ0v) is 20.7. The Bertz CT molecular complexity index is 878. The zero-order chi connectivity index (χ0) is 19.9. The van der Waals surface area contributed by atoms with E-state index in [1.807, 2.05) is 12.1 Å². The molecule has 2 N–H and O–H groups in total. The van der Waals surface area contributed by atoms with Crippen molar-refractivity contribution in [2.24, 2.45) is 4.99 Å². The third kappa shape index (κ3) is 7.67. The van der Waals surface area contributed by atoms with Gasteiger partial charge in [-0.25, -0.2) is 13.4 Å².